The zero-order valence-corrected chi connectivity index (χ0v) is 15.4. The van der Waals surface area contributed by atoms with Gasteiger partial charge < -0.3 is 29.6 Å². The molecular formula is C17H22N2O5S. The Bertz CT molecular complexity index is 665. The van der Waals surface area contributed by atoms with Gasteiger partial charge in [-0.3, -0.25) is 0 Å². The molecule has 0 bridgehead atoms. The first-order chi connectivity index (χ1) is 12.1. The molecule has 1 aromatic carbocycles. The Labute approximate surface area is 150 Å². The van der Waals surface area contributed by atoms with Crippen molar-refractivity contribution in [2.45, 2.75) is 6.10 Å². The first-order valence-electron chi connectivity index (χ1n) is 7.52. The van der Waals surface area contributed by atoms with E-state index in [1.165, 1.54) is 21.3 Å². The Morgan fingerprint density at radius 1 is 1.12 bits per heavy atom. The summed E-state index contributed by atoms with van der Waals surface area (Å²) in [6.07, 6.45) is -0.197. The van der Waals surface area contributed by atoms with Gasteiger partial charge in [0, 0.05) is 25.8 Å². The predicted octanol–water partition coefficient (Wildman–Crippen LogP) is 3.28. The largest absolute Gasteiger partial charge is 0.493 e. The van der Waals surface area contributed by atoms with E-state index in [0.29, 0.717) is 29.5 Å². The highest BCUT2D eigenvalue weighted by Crippen LogP contribution is 2.39. The molecule has 0 radical (unpaired) electrons. The van der Waals surface area contributed by atoms with Gasteiger partial charge in [0.25, 0.3) is 0 Å². The summed E-state index contributed by atoms with van der Waals surface area (Å²) in [6.45, 7) is 0.351. The molecule has 2 N–H and O–H groups in total. The van der Waals surface area contributed by atoms with E-state index in [1.54, 1.807) is 30.6 Å². The average Bonchev–Trinajstić information content (AvgIpc) is 3.15. The molecule has 0 aliphatic heterocycles. The standard InChI is InChI=1S/C17H22N2O5S/c1-21-13-7-12(8-14(22-2)16(13)24-4)19-17(20)18-9-15(23-3)11-5-6-25-10-11/h5-8,10,15H,9H2,1-4H3,(H2,18,19,20). The number of hydrogen-bond acceptors (Lipinski definition) is 6. The van der Waals surface area contributed by atoms with Gasteiger partial charge >= 0.3 is 6.03 Å². The quantitative estimate of drug-likeness (QED) is 0.750. The monoisotopic (exact) mass is 366 g/mol. The normalized spacial score (nSPS) is 11.5. The van der Waals surface area contributed by atoms with Crippen molar-refractivity contribution in [2.75, 3.05) is 40.3 Å². The molecule has 0 aliphatic rings. The van der Waals surface area contributed by atoms with E-state index in [4.69, 9.17) is 18.9 Å². The van der Waals surface area contributed by atoms with Gasteiger partial charge in [0.2, 0.25) is 5.75 Å². The van der Waals surface area contributed by atoms with Crippen LogP contribution in [0.1, 0.15) is 11.7 Å². The van der Waals surface area contributed by atoms with Crippen molar-refractivity contribution < 1.29 is 23.7 Å². The SMILES string of the molecule is COc1cc(NC(=O)NCC(OC)c2ccsc2)cc(OC)c1OC. The third-order valence-electron chi connectivity index (χ3n) is 3.57. The summed E-state index contributed by atoms with van der Waals surface area (Å²) in [5.41, 5.74) is 1.55. The second kappa shape index (κ2) is 9.14. The second-order valence-corrected chi connectivity index (χ2v) is 5.81. The van der Waals surface area contributed by atoms with Crippen LogP contribution in [0.15, 0.2) is 29.0 Å². The summed E-state index contributed by atoms with van der Waals surface area (Å²) in [7, 11) is 6.17. The molecule has 2 rings (SSSR count). The van der Waals surface area contributed by atoms with Gasteiger partial charge in [-0.05, 0) is 22.4 Å². The molecule has 25 heavy (non-hydrogen) atoms. The maximum Gasteiger partial charge on any atom is 0.319 e. The topological polar surface area (TPSA) is 78.1 Å². The number of carbonyl (C=O) groups excluding carboxylic acids is 1. The smallest absolute Gasteiger partial charge is 0.319 e. The van der Waals surface area contributed by atoms with Crippen LogP contribution in [0.2, 0.25) is 0 Å². The highest BCUT2D eigenvalue weighted by atomic mass is 32.1. The number of amides is 2. The second-order valence-electron chi connectivity index (χ2n) is 5.03. The Morgan fingerprint density at radius 3 is 2.28 bits per heavy atom. The lowest BCUT2D eigenvalue weighted by atomic mass is 10.2. The minimum atomic E-state index is -0.355. The summed E-state index contributed by atoms with van der Waals surface area (Å²) in [5, 5.41) is 9.50. The van der Waals surface area contributed by atoms with E-state index in [9.17, 15) is 4.79 Å². The van der Waals surface area contributed by atoms with Crippen LogP contribution in [0.4, 0.5) is 10.5 Å². The number of hydrogen-bond donors (Lipinski definition) is 2. The van der Waals surface area contributed by atoms with Crippen LogP contribution in [0, 0.1) is 0 Å². The maximum atomic E-state index is 12.2. The van der Waals surface area contributed by atoms with Crippen molar-refractivity contribution in [1.82, 2.24) is 5.32 Å². The van der Waals surface area contributed by atoms with Crippen molar-refractivity contribution in [3.05, 3.63) is 34.5 Å². The van der Waals surface area contributed by atoms with Crippen molar-refractivity contribution >= 4 is 23.1 Å². The molecule has 2 aromatic rings. The zero-order chi connectivity index (χ0) is 18.2. The van der Waals surface area contributed by atoms with Gasteiger partial charge in [-0.15, -0.1) is 0 Å². The van der Waals surface area contributed by atoms with Crippen LogP contribution >= 0.6 is 11.3 Å². The molecule has 136 valence electrons. The fourth-order valence-electron chi connectivity index (χ4n) is 2.31. The first kappa shape index (κ1) is 18.9. The van der Waals surface area contributed by atoms with Gasteiger partial charge in [0.15, 0.2) is 11.5 Å². The van der Waals surface area contributed by atoms with Gasteiger partial charge in [-0.2, -0.15) is 11.3 Å². The zero-order valence-electron chi connectivity index (χ0n) is 14.6. The van der Waals surface area contributed by atoms with E-state index in [2.05, 4.69) is 10.6 Å². The molecule has 8 heteroatoms. The highest BCUT2D eigenvalue weighted by molar-refractivity contribution is 7.07. The molecule has 0 spiro atoms. The van der Waals surface area contributed by atoms with Crippen LogP contribution in [0.25, 0.3) is 0 Å². The molecule has 0 saturated carbocycles. The molecule has 0 aliphatic carbocycles. The highest BCUT2D eigenvalue weighted by Gasteiger charge is 2.16. The lowest BCUT2D eigenvalue weighted by Gasteiger charge is -2.17. The molecule has 1 atom stereocenters. The number of ether oxygens (including phenoxy) is 4. The summed E-state index contributed by atoms with van der Waals surface area (Å²) < 4.78 is 21.2. The summed E-state index contributed by atoms with van der Waals surface area (Å²) >= 11 is 1.58. The van der Waals surface area contributed by atoms with Gasteiger partial charge in [-0.1, -0.05) is 0 Å². The summed E-state index contributed by atoms with van der Waals surface area (Å²) in [4.78, 5) is 12.2. The van der Waals surface area contributed by atoms with Gasteiger partial charge in [0.1, 0.15) is 6.10 Å². The molecule has 7 nitrogen and oxygen atoms in total. The van der Waals surface area contributed by atoms with Crippen molar-refractivity contribution in [2.24, 2.45) is 0 Å². The maximum absolute atomic E-state index is 12.2. The van der Waals surface area contributed by atoms with E-state index in [0.717, 1.165) is 5.56 Å². The fourth-order valence-corrected chi connectivity index (χ4v) is 3.01. The van der Waals surface area contributed by atoms with Crippen molar-refractivity contribution in [3.8, 4) is 17.2 Å². The summed E-state index contributed by atoms with van der Waals surface area (Å²) in [6, 6.07) is 4.94. The lowest BCUT2D eigenvalue weighted by Crippen LogP contribution is -2.32. The van der Waals surface area contributed by atoms with Gasteiger partial charge in [0.05, 0.1) is 27.0 Å². The third-order valence-corrected chi connectivity index (χ3v) is 4.27. The third kappa shape index (κ3) is 4.77. The Balaban J connectivity index is 2.02. The van der Waals surface area contributed by atoms with E-state index >= 15 is 0 Å². The minimum Gasteiger partial charge on any atom is -0.493 e. The van der Waals surface area contributed by atoms with Crippen LogP contribution < -0.4 is 24.8 Å². The van der Waals surface area contributed by atoms with E-state index in [1.807, 2.05) is 16.8 Å². The molecule has 2 amide bonds. The number of urea groups is 1. The lowest BCUT2D eigenvalue weighted by molar-refractivity contribution is 0.105. The minimum absolute atomic E-state index is 0.197. The average molecular weight is 366 g/mol. The summed E-state index contributed by atoms with van der Waals surface area (Å²) in [5.74, 6) is 1.39. The Kier molecular flexibility index (Phi) is 6.91. The number of methoxy groups -OCH3 is 4. The molecule has 1 heterocycles. The number of carbonyl (C=O) groups is 1. The van der Waals surface area contributed by atoms with Crippen LogP contribution in [0.5, 0.6) is 17.2 Å². The van der Waals surface area contributed by atoms with E-state index < -0.39 is 0 Å². The predicted molar refractivity (Wildman–Crippen MR) is 97.2 cm³/mol. The molecule has 1 unspecified atom stereocenters. The van der Waals surface area contributed by atoms with Gasteiger partial charge in [-0.25, -0.2) is 4.79 Å². The number of benzene rings is 1. The van der Waals surface area contributed by atoms with Crippen LogP contribution in [-0.2, 0) is 4.74 Å². The fraction of sp³-hybridized carbons (Fsp3) is 0.353. The number of anilines is 1. The number of thiophene rings is 1. The number of rotatable bonds is 8. The van der Waals surface area contributed by atoms with E-state index in [-0.39, 0.29) is 12.1 Å². The van der Waals surface area contributed by atoms with Crippen LogP contribution in [0.3, 0.4) is 0 Å². The van der Waals surface area contributed by atoms with Crippen molar-refractivity contribution in [1.29, 1.82) is 0 Å². The van der Waals surface area contributed by atoms with Crippen LogP contribution in [-0.4, -0.2) is 41.0 Å². The Hall–Kier alpha value is -2.45. The van der Waals surface area contributed by atoms with Crippen molar-refractivity contribution in [3.63, 3.8) is 0 Å². The molecular weight excluding hydrogens is 344 g/mol. The molecule has 0 fully saturated rings. The molecule has 0 saturated heterocycles. The Morgan fingerprint density at radius 2 is 1.80 bits per heavy atom. The first-order valence-corrected chi connectivity index (χ1v) is 8.47. The number of nitrogens with one attached hydrogen (secondary N) is 2. The molecule has 1 aromatic heterocycles.